The second-order valence-electron chi connectivity index (χ2n) is 7.08. The number of carbonyl (C=O) groups is 3. The van der Waals surface area contributed by atoms with E-state index in [0.717, 1.165) is 23.2 Å². The molecule has 1 fully saturated rings. The first-order valence-corrected chi connectivity index (χ1v) is 9.21. The SMILES string of the molecule is CCCC(CNC(=O)C1CCC(=O)N(c2ccc(C)c(C)c2)C1)C(=O)O. The number of nitrogens with one attached hydrogen (secondary N) is 1. The zero-order valence-electron chi connectivity index (χ0n) is 15.7. The number of carbonyl (C=O) groups excluding carboxylic acids is 2. The number of rotatable bonds is 7. The minimum Gasteiger partial charge on any atom is -0.481 e. The van der Waals surface area contributed by atoms with Gasteiger partial charge in [-0.25, -0.2) is 0 Å². The highest BCUT2D eigenvalue weighted by Gasteiger charge is 2.31. The zero-order chi connectivity index (χ0) is 19.3. The molecule has 0 spiro atoms. The molecule has 2 atom stereocenters. The van der Waals surface area contributed by atoms with E-state index in [1.54, 1.807) is 4.90 Å². The van der Waals surface area contributed by atoms with Crippen LogP contribution in [0.4, 0.5) is 5.69 Å². The lowest BCUT2D eigenvalue weighted by Gasteiger charge is -2.32. The number of carboxylic acids is 1. The minimum absolute atomic E-state index is 0.0201. The molecule has 0 bridgehead atoms. The largest absolute Gasteiger partial charge is 0.481 e. The maximum Gasteiger partial charge on any atom is 0.308 e. The van der Waals surface area contributed by atoms with Crippen molar-refractivity contribution in [1.82, 2.24) is 5.32 Å². The van der Waals surface area contributed by atoms with Crippen molar-refractivity contribution in [3.8, 4) is 0 Å². The maximum absolute atomic E-state index is 12.5. The Kier molecular flexibility index (Phi) is 6.77. The maximum atomic E-state index is 12.5. The lowest BCUT2D eigenvalue weighted by Crippen LogP contribution is -2.47. The highest BCUT2D eigenvalue weighted by Crippen LogP contribution is 2.26. The van der Waals surface area contributed by atoms with Gasteiger partial charge in [0.1, 0.15) is 0 Å². The van der Waals surface area contributed by atoms with Crippen LogP contribution in [0.2, 0.25) is 0 Å². The van der Waals surface area contributed by atoms with Gasteiger partial charge in [0.25, 0.3) is 0 Å². The van der Waals surface area contributed by atoms with Crippen molar-refractivity contribution in [2.75, 3.05) is 18.0 Å². The lowest BCUT2D eigenvalue weighted by molar-refractivity contribution is -0.142. The first-order chi connectivity index (χ1) is 12.3. The summed E-state index contributed by atoms with van der Waals surface area (Å²) in [7, 11) is 0. The van der Waals surface area contributed by atoms with Gasteiger partial charge in [-0.15, -0.1) is 0 Å². The van der Waals surface area contributed by atoms with E-state index < -0.39 is 11.9 Å². The Balaban J connectivity index is 2.02. The van der Waals surface area contributed by atoms with E-state index in [1.807, 2.05) is 39.0 Å². The van der Waals surface area contributed by atoms with Crippen molar-refractivity contribution in [2.24, 2.45) is 11.8 Å². The summed E-state index contributed by atoms with van der Waals surface area (Å²) < 4.78 is 0. The highest BCUT2D eigenvalue weighted by atomic mass is 16.4. The van der Waals surface area contributed by atoms with Gasteiger partial charge in [0.15, 0.2) is 0 Å². The van der Waals surface area contributed by atoms with Crippen molar-refractivity contribution >= 4 is 23.5 Å². The van der Waals surface area contributed by atoms with Crippen molar-refractivity contribution in [3.05, 3.63) is 29.3 Å². The third kappa shape index (κ3) is 4.84. The quantitative estimate of drug-likeness (QED) is 0.783. The summed E-state index contributed by atoms with van der Waals surface area (Å²) in [6.45, 7) is 6.40. The van der Waals surface area contributed by atoms with E-state index in [0.29, 0.717) is 25.8 Å². The lowest BCUT2D eigenvalue weighted by atomic mass is 9.95. The number of aryl methyl sites for hydroxylation is 2. The normalized spacial score (nSPS) is 18.5. The molecule has 1 aromatic rings. The molecule has 2 N–H and O–H groups in total. The molecule has 0 saturated carbocycles. The van der Waals surface area contributed by atoms with Crippen LogP contribution in [0, 0.1) is 25.7 Å². The van der Waals surface area contributed by atoms with Crippen LogP contribution in [0.1, 0.15) is 43.7 Å². The molecule has 1 heterocycles. The van der Waals surface area contributed by atoms with Gasteiger partial charge in [-0.05, 0) is 49.9 Å². The van der Waals surface area contributed by atoms with Gasteiger partial charge in [0.05, 0.1) is 11.8 Å². The molecule has 6 nitrogen and oxygen atoms in total. The molecule has 26 heavy (non-hydrogen) atoms. The van der Waals surface area contributed by atoms with Gasteiger partial charge in [0, 0.05) is 25.2 Å². The van der Waals surface area contributed by atoms with Gasteiger partial charge in [-0.2, -0.15) is 0 Å². The van der Waals surface area contributed by atoms with Crippen LogP contribution in [0.25, 0.3) is 0 Å². The zero-order valence-corrected chi connectivity index (χ0v) is 15.7. The van der Waals surface area contributed by atoms with Crippen molar-refractivity contribution in [3.63, 3.8) is 0 Å². The van der Waals surface area contributed by atoms with Crippen molar-refractivity contribution in [2.45, 2.75) is 46.5 Å². The molecule has 0 aliphatic carbocycles. The number of piperidine rings is 1. The molecule has 0 radical (unpaired) electrons. The monoisotopic (exact) mass is 360 g/mol. The fourth-order valence-electron chi connectivity index (χ4n) is 3.23. The molecule has 2 amide bonds. The van der Waals surface area contributed by atoms with Crippen molar-refractivity contribution in [1.29, 1.82) is 0 Å². The van der Waals surface area contributed by atoms with Crippen LogP contribution in [-0.2, 0) is 14.4 Å². The second-order valence-corrected chi connectivity index (χ2v) is 7.08. The molecule has 0 aromatic heterocycles. The van der Waals surface area contributed by atoms with Crippen LogP contribution in [-0.4, -0.2) is 36.0 Å². The third-order valence-corrected chi connectivity index (χ3v) is 5.09. The fraction of sp³-hybridized carbons (Fsp3) is 0.550. The minimum atomic E-state index is -0.886. The molecule has 1 saturated heterocycles. The predicted molar refractivity (Wildman–Crippen MR) is 100 cm³/mol. The van der Waals surface area contributed by atoms with E-state index >= 15 is 0 Å². The van der Waals surface area contributed by atoms with Crippen LogP contribution >= 0.6 is 0 Å². The summed E-state index contributed by atoms with van der Waals surface area (Å²) >= 11 is 0. The number of benzene rings is 1. The van der Waals surface area contributed by atoms with E-state index in [1.165, 1.54) is 0 Å². The number of anilines is 1. The van der Waals surface area contributed by atoms with Gasteiger partial charge >= 0.3 is 5.97 Å². The molecule has 1 aliphatic heterocycles. The number of hydrogen-bond donors (Lipinski definition) is 2. The first-order valence-electron chi connectivity index (χ1n) is 9.21. The van der Waals surface area contributed by atoms with E-state index in [9.17, 15) is 19.5 Å². The first kappa shape index (κ1) is 19.9. The van der Waals surface area contributed by atoms with E-state index in [2.05, 4.69) is 5.32 Å². The Morgan fingerprint density at radius 3 is 2.65 bits per heavy atom. The Bertz CT molecular complexity index is 686. The topological polar surface area (TPSA) is 86.7 Å². The van der Waals surface area contributed by atoms with Crippen LogP contribution in [0.15, 0.2) is 18.2 Å². The summed E-state index contributed by atoms with van der Waals surface area (Å²) in [6, 6.07) is 5.85. The Hall–Kier alpha value is -2.37. The number of hydrogen-bond acceptors (Lipinski definition) is 3. The Morgan fingerprint density at radius 2 is 2.04 bits per heavy atom. The van der Waals surface area contributed by atoms with Crippen LogP contribution in [0.5, 0.6) is 0 Å². The summed E-state index contributed by atoms with van der Waals surface area (Å²) in [5, 5.41) is 12.0. The molecule has 1 aromatic carbocycles. The van der Waals surface area contributed by atoms with Crippen LogP contribution < -0.4 is 10.2 Å². The van der Waals surface area contributed by atoms with Gasteiger partial charge in [-0.3, -0.25) is 14.4 Å². The Labute approximate surface area is 154 Å². The van der Waals surface area contributed by atoms with Gasteiger partial charge in [-0.1, -0.05) is 19.4 Å². The third-order valence-electron chi connectivity index (χ3n) is 5.09. The highest BCUT2D eigenvalue weighted by molar-refractivity contribution is 5.96. The Morgan fingerprint density at radius 1 is 1.31 bits per heavy atom. The summed E-state index contributed by atoms with van der Waals surface area (Å²) in [6.07, 6.45) is 2.11. The molecule has 142 valence electrons. The van der Waals surface area contributed by atoms with Crippen LogP contribution in [0.3, 0.4) is 0 Å². The number of nitrogens with zero attached hydrogens (tertiary/aromatic N) is 1. The second kappa shape index (κ2) is 8.83. The average Bonchev–Trinajstić information content (AvgIpc) is 2.61. The summed E-state index contributed by atoms with van der Waals surface area (Å²) in [4.78, 5) is 37.7. The molecule has 6 heteroatoms. The van der Waals surface area contributed by atoms with Gasteiger partial charge < -0.3 is 15.3 Å². The predicted octanol–water partition coefficient (Wildman–Crippen LogP) is 2.66. The number of carboxylic acid groups (broad SMARTS) is 1. The van der Waals surface area contributed by atoms with Crippen molar-refractivity contribution < 1.29 is 19.5 Å². The van der Waals surface area contributed by atoms with E-state index in [-0.39, 0.29) is 24.3 Å². The molecular weight excluding hydrogens is 332 g/mol. The molecule has 1 aliphatic rings. The number of amides is 2. The standard InChI is InChI=1S/C20H28N2O4/c1-4-5-15(20(25)26)11-21-19(24)16-7-9-18(23)22(12-16)17-8-6-13(2)14(3)10-17/h6,8,10,15-16H,4-5,7,9,11-12H2,1-3H3,(H,21,24)(H,25,26). The number of aliphatic carboxylic acids is 1. The average molecular weight is 360 g/mol. The fourth-order valence-corrected chi connectivity index (χ4v) is 3.23. The summed E-state index contributed by atoms with van der Waals surface area (Å²) in [5.41, 5.74) is 3.07. The smallest absolute Gasteiger partial charge is 0.308 e. The summed E-state index contributed by atoms with van der Waals surface area (Å²) in [5.74, 6) is -1.92. The van der Waals surface area contributed by atoms with E-state index in [4.69, 9.17) is 0 Å². The molecule has 2 rings (SSSR count). The molecule has 2 unspecified atom stereocenters. The molecular formula is C20H28N2O4. The van der Waals surface area contributed by atoms with Gasteiger partial charge in [0.2, 0.25) is 11.8 Å².